The number of benzene rings is 2. The summed E-state index contributed by atoms with van der Waals surface area (Å²) in [5.41, 5.74) is 1.39. The van der Waals surface area contributed by atoms with Gasteiger partial charge in [-0.1, -0.05) is 60.1 Å². The molecule has 2 rings (SSSR count). The normalized spacial score (nSPS) is 11.5. The lowest BCUT2D eigenvalue weighted by molar-refractivity contribution is -0.557. The quantitative estimate of drug-likeness (QED) is 0.670. The molecule has 0 saturated carbocycles. The van der Waals surface area contributed by atoms with E-state index in [4.69, 9.17) is 11.6 Å². The monoisotopic (exact) mass is 383 g/mol. The first-order valence-corrected chi connectivity index (χ1v) is 9.12. The fourth-order valence-corrected chi connectivity index (χ4v) is 4.02. The fourth-order valence-electron chi connectivity index (χ4n) is 1.77. The Bertz CT molecular complexity index is 505. The molecule has 19 heavy (non-hydrogen) atoms. The van der Waals surface area contributed by atoms with E-state index in [1.165, 1.54) is 9.13 Å². The van der Waals surface area contributed by atoms with E-state index in [0.717, 1.165) is 24.3 Å². The van der Waals surface area contributed by atoms with Crippen molar-refractivity contribution in [3.8, 4) is 0 Å². The number of hydrogen-bond donors (Lipinski definition) is 0. The number of allylic oxidation sites excluding steroid dienone is 1. The van der Waals surface area contributed by atoms with E-state index in [1.54, 1.807) is 0 Å². The van der Waals surface area contributed by atoms with Crippen LogP contribution in [0.1, 0.15) is 18.4 Å². The Labute approximate surface area is 130 Å². The van der Waals surface area contributed by atoms with Crippen molar-refractivity contribution in [2.24, 2.45) is 0 Å². The third-order valence-electron chi connectivity index (χ3n) is 2.76. The molecule has 0 N–H and O–H groups in total. The largest absolute Gasteiger partial charge is 0.350 e. The lowest BCUT2D eigenvalue weighted by Gasteiger charge is -1.99. The van der Waals surface area contributed by atoms with E-state index in [1.807, 2.05) is 0 Å². The molecule has 2 aromatic rings. The second kappa shape index (κ2) is 8.39. The van der Waals surface area contributed by atoms with E-state index in [0.29, 0.717) is 0 Å². The van der Waals surface area contributed by atoms with Crippen LogP contribution < -0.4 is 21.2 Å². The van der Waals surface area contributed by atoms with E-state index in [-0.39, 0.29) is 21.2 Å². The Kier molecular flexibility index (Phi) is 6.45. The molecule has 0 aromatic heterocycles. The van der Waals surface area contributed by atoms with Gasteiger partial charge in [0.15, 0.2) is 7.65 Å². The van der Waals surface area contributed by atoms with Crippen LogP contribution in [0.5, 0.6) is 0 Å². The Balaban J connectivity index is 1.74. The summed E-state index contributed by atoms with van der Waals surface area (Å²) in [6.07, 6.45) is 3.22. The standard InChI is InChI=1S/C17H17ClI/c18-16(14-19-17-12-5-2-6-13-17)11-7-10-15-8-3-1-4-9-15/h1-6,8-9,12-14H,7,10-11H2/q+1/b16-14-. The SMILES string of the molecule is Cl/C(=C\[I+]c1ccccc1)CCCc1ccccc1. The summed E-state index contributed by atoms with van der Waals surface area (Å²) >= 11 is 6.21. The van der Waals surface area contributed by atoms with Gasteiger partial charge in [-0.2, -0.15) is 0 Å². The van der Waals surface area contributed by atoms with Gasteiger partial charge < -0.3 is 0 Å². The summed E-state index contributed by atoms with van der Waals surface area (Å²) in [4.78, 5) is 0. The Morgan fingerprint density at radius 3 is 2.26 bits per heavy atom. The summed E-state index contributed by atoms with van der Waals surface area (Å²) < 4.78 is 3.66. The minimum absolute atomic E-state index is 0.0804. The zero-order valence-electron chi connectivity index (χ0n) is 10.7. The molecule has 0 aliphatic heterocycles. The second-order valence-electron chi connectivity index (χ2n) is 4.30. The first-order chi connectivity index (χ1) is 9.34. The fraction of sp³-hybridized carbons (Fsp3) is 0.176. The number of halogens is 2. The molecule has 0 radical (unpaired) electrons. The number of rotatable bonds is 6. The molecule has 0 bridgehead atoms. The molecule has 2 aromatic carbocycles. The minimum Gasteiger partial charge on any atom is -0.0849 e. The van der Waals surface area contributed by atoms with E-state index in [2.05, 4.69) is 64.7 Å². The summed E-state index contributed by atoms with van der Waals surface area (Å²) in [5.74, 6) is 0. The van der Waals surface area contributed by atoms with Crippen molar-refractivity contribution in [2.45, 2.75) is 19.3 Å². The van der Waals surface area contributed by atoms with Crippen molar-refractivity contribution in [1.82, 2.24) is 0 Å². The molecule has 98 valence electrons. The molecule has 0 fully saturated rings. The Hall–Kier alpha value is -0.800. The molecule has 0 unspecified atom stereocenters. The van der Waals surface area contributed by atoms with E-state index < -0.39 is 0 Å². The third-order valence-corrected chi connectivity index (χ3v) is 5.92. The van der Waals surface area contributed by atoms with Crippen LogP contribution in [-0.4, -0.2) is 0 Å². The second-order valence-corrected chi connectivity index (χ2v) is 7.28. The van der Waals surface area contributed by atoms with Crippen molar-refractivity contribution < 1.29 is 21.2 Å². The van der Waals surface area contributed by atoms with Gasteiger partial charge >= 0.3 is 21.2 Å². The first-order valence-electron chi connectivity index (χ1n) is 6.41. The maximum Gasteiger partial charge on any atom is 0.350 e. The van der Waals surface area contributed by atoms with Gasteiger partial charge in [0.1, 0.15) is 0 Å². The van der Waals surface area contributed by atoms with Crippen molar-refractivity contribution in [3.63, 3.8) is 0 Å². The van der Waals surface area contributed by atoms with Crippen molar-refractivity contribution in [3.05, 3.63) is 78.9 Å². The van der Waals surface area contributed by atoms with Gasteiger partial charge in [0.2, 0.25) is 0 Å². The lowest BCUT2D eigenvalue weighted by Crippen LogP contribution is -3.59. The predicted molar refractivity (Wildman–Crippen MR) is 78.5 cm³/mol. The highest BCUT2D eigenvalue weighted by molar-refractivity contribution is 6.29. The zero-order valence-corrected chi connectivity index (χ0v) is 13.6. The van der Waals surface area contributed by atoms with Gasteiger partial charge in [-0.3, -0.25) is 0 Å². The van der Waals surface area contributed by atoms with Gasteiger partial charge in [-0.05, 0) is 37.0 Å². The van der Waals surface area contributed by atoms with Crippen molar-refractivity contribution in [1.29, 1.82) is 0 Å². The molecular formula is C17H17ClI+. The van der Waals surface area contributed by atoms with Crippen molar-refractivity contribution in [2.75, 3.05) is 0 Å². The van der Waals surface area contributed by atoms with Crippen LogP contribution in [0.2, 0.25) is 0 Å². The summed E-state index contributed by atoms with van der Waals surface area (Å²) in [6, 6.07) is 21.2. The van der Waals surface area contributed by atoms with Crippen LogP contribution in [0.4, 0.5) is 0 Å². The summed E-state index contributed by atoms with van der Waals surface area (Å²) in [5, 5.41) is 1.02. The molecule has 0 amide bonds. The number of aryl methyl sites for hydroxylation is 1. The van der Waals surface area contributed by atoms with Gasteiger partial charge in [-0.15, -0.1) is 0 Å². The maximum absolute atomic E-state index is 6.29. The molecule has 0 atom stereocenters. The maximum atomic E-state index is 6.29. The van der Waals surface area contributed by atoms with Crippen LogP contribution in [0.15, 0.2) is 69.8 Å². The van der Waals surface area contributed by atoms with Crippen LogP contribution in [0, 0.1) is 3.57 Å². The third kappa shape index (κ3) is 5.79. The molecule has 0 nitrogen and oxygen atoms in total. The molecule has 0 aliphatic rings. The molecule has 0 spiro atoms. The molecule has 0 heterocycles. The highest BCUT2D eigenvalue weighted by Gasteiger charge is 2.08. The highest BCUT2D eigenvalue weighted by Crippen LogP contribution is 2.11. The van der Waals surface area contributed by atoms with Crippen molar-refractivity contribution >= 4 is 11.6 Å². The lowest BCUT2D eigenvalue weighted by atomic mass is 10.1. The van der Waals surface area contributed by atoms with Gasteiger partial charge in [-0.25, -0.2) is 0 Å². The molecule has 0 aliphatic carbocycles. The zero-order chi connectivity index (χ0) is 13.3. The predicted octanol–water partition coefficient (Wildman–Crippen LogP) is 2.05. The average molecular weight is 384 g/mol. The highest BCUT2D eigenvalue weighted by atomic mass is 127. The summed E-state index contributed by atoms with van der Waals surface area (Å²) in [7, 11) is 0. The number of hydrogen-bond acceptors (Lipinski definition) is 0. The van der Waals surface area contributed by atoms with Crippen LogP contribution in [0.3, 0.4) is 0 Å². The molecular weight excluding hydrogens is 367 g/mol. The molecule has 2 heteroatoms. The Morgan fingerprint density at radius 1 is 0.947 bits per heavy atom. The van der Waals surface area contributed by atoms with Gasteiger partial charge in [0.25, 0.3) is 0 Å². The first kappa shape index (κ1) is 14.6. The molecule has 0 saturated heterocycles. The smallest absolute Gasteiger partial charge is 0.0849 e. The van der Waals surface area contributed by atoms with Crippen LogP contribution >= 0.6 is 11.6 Å². The van der Waals surface area contributed by atoms with E-state index in [9.17, 15) is 0 Å². The minimum atomic E-state index is -0.0804. The van der Waals surface area contributed by atoms with E-state index >= 15 is 0 Å². The topological polar surface area (TPSA) is 0 Å². The Morgan fingerprint density at radius 2 is 1.58 bits per heavy atom. The van der Waals surface area contributed by atoms with Gasteiger partial charge in [0, 0.05) is 0 Å². The van der Waals surface area contributed by atoms with Gasteiger partial charge in [0.05, 0.1) is 5.03 Å². The van der Waals surface area contributed by atoms with Crippen LogP contribution in [-0.2, 0) is 6.42 Å². The summed E-state index contributed by atoms with van der Waals surface area (Å²) in [6.45, 7) is 0. The van der Waals surface area contributed by atoms with Crippen LogP contribution in [0.25, 0.3) is 0 Å². The average Bonchev–Trinajstić information content (AvgIpc) is 2.47.